The summed E-state index contributed by atoms with van der Waals surface area (Å²) in [7, 11) is 0. The summed E-state index contributed by atoms with van der Waals surface area (Å²) >= 11 is 0. The highest BCUT2D eigenvalue weighted by molar-refractivity contribution is 5.87. The van der Waals surface area contributed by atoms with Crippen molar-refractivity contribution < 1.29 is 24.1 Å². The van der Waals surface area contributed by atoms with Crippen LogP contribution in [-0.4, -0.2) is 17.0 Å². The molecule has 0 fully saturated rings. The largest absolute Gasteiger partial charge is 0.508 e. The van der Waals surface area contributed by atoms with Crippen LogP contribution in [0.15, 0.2) is 40.8 Å². The summed E-state index contributed by atoms with van der Waals surface area (Å²) in [5.74, 6) is 1.81. The van der Waals surface area contributed by atoms with Crippen LogP contribution in [0.4, 0.5) is 0 Å². The quantitative estimate of drug-likeness (QED) is 0.710. The van der Waals surface area contributed by atoms with Crippen molar-refractivity contribution in [3.8, 4) is 34.3 Å². The van der Waals surface area contributed by atoms with Gasteiger partial charge in [-0.1, -0.05) is 0 Å². The van der Waals surface area contributed by atoms with Crippen molar-refractivity contribution in [3.05, 3.63) is 36.4 Å². The first-order valence-corrected chi connectivity index (χ1v) is 6.06. The molecule has 1 aromatic heterocycles. The summed E-state index contributed by atoms with van der Waals surface area (Å²) in [6.45, 7) is 0.216. The third kappa shape index (κ3) is 1.56. The molecule has 2 aromatic carbocycles. The molecule has 20 heavy (non-hydrogen) atoms. The van der Waals surface area contributed by atoms with Gasteiger partial charge in [0.15, 0.2) is 11.5 Å². The predicted molar refractivity (Wildman–Crippen MR) is 71.1 cm³/mol. The average molecular weight is 270 g/mol. The molecule has 0 bridgehead atoms. The van der Waals surface area contributed by atoms with E-state index in [9.17, 15) is 10.2 Å². The van der Waals surface area contributed by atoms with E-state index >= 15 is 0 Å². The Kier molecular flexibility index (Phi) is 2.12. The highest BCUT2D eigenvalue weighted by Crippen LogP contribution is 2.40. The Labute approximate surface area is 113 Å². The van der Waals surface area contributed by atoms with Gasteiger partial charge < -0.3 is 24.1 Å². The molecule has 0 saturated carbocycles. The van der Waals surface area contributed by atoms with Gasteiger partial charge in [-0.15, -0.1) is 0 Å². The van der Waals surface area contributed by atoms with E-state index in [0.717, 1.165) is 5.39 Å². The van der Waals surface area contributed by atoms with Gasteiger partial charge in [-0.2, -0.15) is 0 Å². The van der Waals surface area contributed by atoms with E-state index in [2.05, 4.69) is 0 Å². The Morgan fingerprint density at radius 3 is 2.50 bits per heavy atom. The minimum absolute atomic E-state index is 0.00291. The first-order chi connectivity index (χ1) is 9.70. The molecule has 0 atom stereocenters. The summed E-state index contributed by atoms with van der Waals surface area (Å²) in [6.07, 6.45) is 0. The van der Waals surface area contributed by atoms with Crippen LogP contribution < -0.4 is 9.47 Å². The Morgan fingerprint density at radius 1 is 0.900 bits per heavy atom. The van der Waals surface area contributed by atoms with Crippen molar-refractivity contribution in [2.75, 3.05) is 6.79 Å². The molecule has 4 rings (SSSR count). The van der Waals surface area contributed by atoms with E-state index in [1.165, 1.54) is 12.1 Å². The van der Waals surface area contributed by atoms with Crippen LogP contribution >= 0.6 is 0 Å². The highest BCUT2D eigenvalue weighted by Gasteiger charge is 2.18. The van der Waals surface area contributed by atoms with Crippen LogP contribution in [0, 0.1) is 0 Å². The molecule has 5 nitrogen and oxygen atoms in total. The number of benzene rings is 2. The van der Waals surface area contributed by atoms with Crippen LogP contribution in [0.1, 0.15) is 0 Å². The molecule has 1 aliphatic rings. The van der Waals surface area contributed by atoms with Crippen molar-refractivity contribution in [1.82, 2.24) is 0 Å². The lowest BCUT2D eigenvalue weighted by molar-refractivity contribution is 0.174. The molecule has 0 unspecified atom stereocenters. The highest BCUT2D eigenvalue weighted by atomic mass is 16.7. The fourth-order valence-corrected chi connectivity index (χ4v) is 2.29. The minimum Gasteiger partial charge on any atom is -0.508 e. The smallest absolute Gasteiger partial charge is 0.231 e. The van der Waals surface area contributed by atoms with E-state index in [1.807, 2.05) is 12.1 Å². The molecular formula is C15H10O5. The molecule has 0 aliphatic carbocycles. The number of rotatable bonds is 1. The zero-order chi connectivity index (χ0) is 13.7. The van der Waals surface area contributed by atoms with Gasteiger partial charge in [0.05, 0.1) is 5.56 Å². The molecule has 5 heteroatoms. The Balaban J connectivity index is 1.89. The van der Waals surface area contributed by atoms with Gasteiger partial charge in [-0.3, -0.25) is 0 Å². The van der Waals surface area contributed by atoms with Crippen molar-refractivity contribution in [1.29, 1.82) is 0 Å². The fraction of sp³-hybridized carbons (Fsp3) is 0.0667. The second-order valence-corrected chi connectivity index (χ2v) is 4.56. The molecule has 0 saturated heterocycles. The van der Waals surface area contributed by atoms with E-state index in [0.29, 0.717) is 28.4 Å². The lowest BCUT2D eigenvalue weighted by atomic mass is 10.1. The number of phenolic OH excluding ortho intramolecular Hbond substituents is 2. The normalized spacial score (nSPS) is 13.0. The predicted octanol–water partition coefficient (Wildman–Crippen LogP) is 3.24. The summed E-state index contributed by atoms with van der Waals surface area (Å²) in [5, 5.41) is 20.0. The van der Waals surface area contributed by atoms with Crippen LogP contribution in [0.2, 0.25) is 0 Å². The monoisotopic (exact) mass is 270 g/mol. The molecule has 0 amide bonds. The lowest BCUT2D eigenvalue weighted by Crippen LogP contribution is -1.92. The summed E-state index contributed by atoms with van der Waals surface area (Å²) in [6, 6.07) is 9.77. The summed E-state index contributed by atoms with van der Waals surface area (Å²) < 4.78 is 16.3. The third-order valence-electron chi connectivity index (χ3n) is 3.26. The number of hydrogen-bond acceptors (Lipinski definition) is 5. The van der Waals surface area contributed by atoms with E-state index in [-0.39, 0.29) is 18.3 Å². The zero-order valence-electron chi connectivity index (χ0n) is 10.3. The molecule has 2 N–H and O–H groups in total. The molecule has 0 spiro atoms. The first-order valence-electron chi connectivity index (χ1n) is 6.06. The SMILES string of the molecule is Oc1ccc(-c2cc3cc4c(cc3o2)OCO4)c(O)c1. The van der Waals surface area contributed by atoms with Crippen LogP contribution in [0.25, 0.3) is 22.3 Å². The van der Waals surface area contributed by atoms with Crippen molar-refractivity contribution in [2.45, 2.75) is 0 Å². The maximum Gasteiger partial charge on any atom is 0.231 e. The second-order valence-electron chi connectivity index (χ2n) is 4.56. The van der Waals surface area contributed by atoms with Gasteiger partial charge in [0, 0.05) is 17.5 Å². The fourth-order valence-electron chi connectivity index (χ4n) is 2.29. The van der Waals surface area contributed by atoms with Gasteiger partial charge in [-0.25, -0.2) is 0 Å². The van der Waals surface area contributed by atoms with E-state index in [4.69, 9.17) is 13.9 Å². The maximum atomic E-state index is 9.87. The Hall–Kier alpha value is -2.82. The van der Waals surface area contributed by atoms with Gasteiger partial charge in [0.2, 0.25) is 6.79 Å². The van der Waals surface area contributed by atoms with Crippen molar-refractivity contribution in [3.63, 3.8) is 0 Å². The van der Waals surface area contributed by atoms with E-state index in [1.54, 1.807) is 12.1 Å². The second kappa shape index (κ2) is 3.84. The third-order valence-corrected chi connectivity index (χ3v) is 3.26. The molecule has 2 heterocycles. The van der Waals surface area contributed by atoms with Gasteiger partial charge in [-0.05, 0) is 24.3 Å². The minimum atomic E-state index is -0.0379. The van der Waals surface area contributed by atoms with Crippen molar-refractivity contribution >= 4 is 11.0 Å². The first kappa shape index (κ1) is 11.0. The summed E-state index contributed by atoms with van der Waals surface area (Å²) in [5.41, 5.74) is 1.16. The number of hydrogen-bond donors (Lipinski definition) is 2. The topological polar surface area (TPSA) is 72.1 Å². The number of aromatic hydroxyl groups is 2. The Morgan fingerprint density at radius 2 is 1.70 bits per heavy atom. The Bertz CT molecular complexity index is 777. The molecule has 100 valence electrons. The van der Waals surface area contributed by atoms with Gasteiger partial charge >= 0.3 is 0 Å². The number of fused-ring (bicyclic) bond motifs is 2. The van der Waals surface area contributed by atoms with Crippen molar-refractivity contribution in [2.24, 2.45) is 0 Å². The molecule has 3 aromatic rings. The van der Waals surface area contributed by atoms with Crippen LogP contribution in [0.5, 0.6) is 23.0 Å². The number of ether oxygens (including phenoxy) is 2. The summed E-state index contributed by atoms with van der Waals surface area (Å²) in [4.78, 5) is 0. The van der Waals surface area contributed by atoms with E-state index < -0.39 is 0 Å². The van der Waals surface area contributed by atoms with Gasteiger partial charge in [0.1, 0.15) is 22.8 Å². The van der Waals surface area contributed by atoms with Gasteiger partial charge in [0.25, 0.3) is 0 Å². The number of phenols is 2. The number of furan rings is 1. The maximum absolute atomic E-state index is 9.87. The van der Waals surface area contributed by atoms with Crippen LogP contribution in [0.3, 0.4) is 0 Å². The zero-order valence-corrected chi connectivity index (χ0v) is 10.3. The standard InChI is InChI=1S/C15H10O5/c16-9-1-2-10(11(17)5-9)13-3-8-4-14-15(19-7-18-14)6-12(8)20-13/h1-6,16-17H,7H2. The molecular weight excluding hydrogens is 260 g/mol. The molecule has 0 radical (unpaired) electrons. The van der Waals surface area contributed by atoms with Crippen LogP contribution in [-0.2, 0) is 0 Å². The average Bonchev–Trinajstić information content (AvgIpc) is 3.00. The lowest BCUT2D eigenvalue weighted by Gasteiger charge is -2.01. The molecule has 1 aliphatic heterocycles.